The summed E-state index contributed by atoms with van der Waals surface area (Å²) in [7, 11) is 1.63. The number of hydrogen-bond acceptors (Lipinski definition) is 3. The van der Waals surface area contributed by atoms with Gasteiger partial charge in [0.05, 0.1) is 0 Å². The van der Waals surface area contributed by atoms with Gasteiger partial charge in [0.15, 0.2) is 0 Å². The van der Waals surface area contributed by atoms with Crippen molar-refractivity contribution in [3.05, 3.63) is 12.2 Å². The van der Waals surface area contributed by atoms with Gasteiger partial charge in [-0.3, -0.25) is 19.7 Å². The number of rotatable bonds is 5. The molecule has 3 amide bonds. The van der Waals surface area contributed by atoms with Crippen LogP contribution in [0.4, 0.5) is 0 Å². The van der Waals surface area contributed by atoms with E-state index in [0.717, 1.165) is 6.42 Å². The number of amides is 3. The topological polar surface area (TPSA) is 66.5 Å². The Hall–Kier alpha value is -1.65. The van der Waals surface area contributed by atoms with Crippen molar-refractivity contribution in [1.82, 2.24) is 10.2 Å². The third-order valence-corrected chi connectivity index (χ3v) is 3.48. The van der Waals surface area contributed by atoms with Gasteiger partial charge in [-0.2, -0.15) is 0 Å². The van der Waals surface area contributed by atoms with Crippen LogP contribution in [0, 0.1) is 5.41 Å². The van der Waals surface area contributed by atoms with Gasteiger partial charge < -0.3 is 4.90 Å². The summed E-state index contributed by atoms with van der Waals surface area (Å²) in [6, 6.07) is -0.536. The molecule has 0 aromatic rings. The lowest BCUT2D eigenvalue weighted by atomic mass is 9.87. The van der Waals surface area contributed by atoms with Gasteiger partial charge in [0, 0.05) is 19.9 Å². The van der Waals surface area contributed by atoms with Gasteiger partial charge in [0.2, 0.25) is 17.7 Å². The number of nitrogens with one attached hydrogen (secondary N) is 1. The summed E-state index contributed by atoms with van der Waals surface area (Å²) < 4.78 is 0. The van der Waals surface area contributed by atoms with Gasteiger partial charge >= 0.3 is 0 Å². The molecule has 1 N–H and O–H groups in total. The standard InChI is InChI=1S/C15H24N2O3/c1-5-6-9-15(2,3)10-13(19)17(4)11-7-8-12(18)16-14(11)20/h6,9,11H,5,7-8,10H2,1-4H3,(H,16,18,20)/b9-6-. The maximum Gasteiger partial charge on any atom is 0.249 e. The van der Waals surface area contributed by atoms with E-state index in [4.69, 9.17) is 0 Å². The predicted octanol–water partition coefficient (Wildman–Crippen LogP) is 1.63. The number of carbonyl (C=O) groups is 3. The van der Waals surface area contributed by atoms with Crippen LogP contribution < -0.4 is 5.32 Å². The molecule has 1 unspecified atom stereocenters. The third-order valence-electron chi connectivity index (χ3n) is 3.48. The molecule has 0 aromatic carbocycles. The molecule has 0 saturated carbocycles. The summed E-state index contributed by atoms with van der Waals surface area (Å²) in [5.74, 6) is -0.720. The van der Waals surface area contributed by atoms with Crippen molar-refractivity contribution < 1.29 is 14.4 Å². The first-order chi connectivity index (χ1) is 9.26. The fraction of sp³-hybridized carbons (Fsp3) is 0.667. The Kier molecular flexibility index (Phi) is 5.48. The quantitative estimate of drug-likeness (QED) is 0.615. The highest BCUT2D eigenvalue weighted by molar-refractivity contribution is 6.01. The molecule has 0 radical (unpaired) electrons. The lowest BCUT2D eigenvalue weighted by molar-refractivity contribution is -0.145. The number of nitrogens with zero attached hydrogens (tertiary/aromatic N) is 1. The molecule has 1 atom stereocenters. The smallest absolute Gasteiger partial charge is 0.249 e. The van der Waals surface area contributed by atoms with E-state index >= 15 is 0 Å². The van der Waals surface area contributed by atoms with Crippen LogP contribution in [0.2, 0.25) is 0 Å². The second kappa shape index (κ2) is 6.68. The molecule has 5 heteroatoms. The van der Waals surface area contributed by atoms with Gasteiger partial charge in [-0.05, 0) is 18.3 Å². The third kappa shape index (κ3) is 4.47. The Morgan fingerprint density at radius 2 is 2.10 bits per heavy atom. The van der Waals surface area contributed by atoms with E-state index in [1.54, 1.807) is 7.05 Å². The van der Waals surface area contributed by atoms with E-state index in [0.29, 0.717) is 12.8 Å². The summed E-state index contributed by atoms with van der Waals surface area (Å²) in [6.45, 7) is 6.04. The van der Waals surface area contributed by atoms with E-state index in [9.17, 15) is 14.4 Å². The second-order valence-corrected chi connectivity index (χ2v) is 5.95. The maximum atomic E-state index is 12.3. The molecule has 0 aliphatic carbocycles. The molecule has 1 heterocycles. The van der Waals surface area contributed by atoms with Crippen molar-refractivity contribution in [2.24, 2.45) is 5.41 Å². The highest BCUT2D eigenvalue weighted by Crippen LogP contribution is 2.24. The van der Waals surface area contributed by atoms with Crippen LogP contribution in [-0.4, -0.2) is 35.7 Å². The zero-order chi connectivity index (χ0) is 15.3. The minimum absolute atomic E-state index is 0.0785. The van der Waals surface area contributed by atoms with Crippen molar-refractivity contribution >= 4 is 17.7 Å². The van der Waals surface area contributed by atoms with Crippen molar-refractivity contribution in [1.29, 1.82) is 0 Å². The van der Waals surface area contributed by atoms with Crippen molar-refractivity contribution in [2.75, 3.05) is 7.05 Å². The monoisotopic (exact) mass is 280 g/mol. The molecule has 112 valence electrons. The number of carbonyl (C=O) groups excluding carboxylic acids is 3. The Morgan fingerprint density at radius 1 is 1.45 bits per heavy atom. The number of likely N-dealkylation sites (N-methyl/N-ethyl adjacent to an activating group) is 1. The summed E-state index contributed by atoms with van der Waals surface area (Å²) in [4.78, 5) is 36.6. The normalized spacial score (nSPS) is 20.1. The molecular weight excluding hydrogens is 256 g/mol. The number of piperidine rings is 1. The fourth-order valence-corrected chi connectivity index (χ4v) is 2.24. The lowest BCUT2D eigenvalue weighted by Gasteiger charge is -2.32. The van der Waals surface area contributed by atoms with E-state index in [1.807, 2.05) is 32.9 Å². The molecule has 0 spiro atoms. The van der Waals surface area contributed by atoms with E-state index in [2.05, 4.69) is 5.32 Å². The molecule has 1 saturated heterocycles. The first kappa shape index (κ1) is 16.4. The lowest BCUT2D eigenvalue weighted by Crippen LogP contribution is -2.53. The van der Waals surface area contributed by atoms with E-state index in [1.165, 1.54) is 4.90 Å². The van der Waals surface area contributed by atoms with Crippen LogP contribution in [-0.2, 0) is 14.4 Å². The number of imide groups is 1. The number of allylic oxidation sites excluding steroid dienone is 2. The summed E-state index contributed by atoms with van der Waals surface area (Å²) in [5, 5.41) is 2.28. The van der Waals surface area contributed by atoms with Gasteiger partial charge in [-0.15, -0.1) is 0 Å². The predicted molar refractivity (Wildman–Crippen MR) is 76.8 cm³/mol. The molecule has 1 aliphatic heterocycles. The minimum atomic E-state index is -0.536. The molecule has 1 aliphatic rings. The minimum Gasteiger partial charge on any atom is -0.334 e. The highest BCUT2D eigenvalue weighted by atomic mass is 16.2. The Bertz CT molecular complexity index is 427. The summed E-state index contributed by atoms with van der Waals surface area (Å²) >= 11 is 0. The highest BCUT2D eigenvalue weighted by Gasteiger charge is 2.33. The van der Waals surface area contributed by atoms with Gasteiger partial charge in [-0.25, -0.2) is 0 Å². The Labute approximate surface area is 120 Å². The molecular formula is C15H24N2O3. The molecule has 0 aromatic heterocycles. The molecule has 1 rings (SSSR count). The van der Waals surface area contributed by atoms with Crippen molar-refractivity contribution in [3.63, 3.8) is 0 Å². The Morgan fingerprint density at radius 3 is 2.65 bits per heavy atom. The summed E-state index contributed by atoms with van der Waals surface area (Å²) in [5.41, 5.74) is -0.234. The van der Waals surface area contributed by atoms with Gasteiger partial charge in [-0.1, -0.05) is 32.9 Å². The first-order valence-corrected chi connectivity index (χ1v) is 7.04. The van der Waals surface area contributed by atoms with Gasteiger partial charge in [0.25, 0.3) is 0 Å². The van der Waals surface area contributed by atoms with Crippen LogP contribution in [0.5, 0.6) is 0 Å². The molecule has 5 nitrogen and oxygen atoms in total. The molecule has 0 bridgehead atoms. The number of hydrogen-bond donors (Lipinski definition) is 1. The Balaban J connectivity index is 2.65. The van der Waals surface area contributed by atoms with Gasteiger partial charge in [0.1, 0.15) is 6.04 Å². The first-order valence-electron chi connectivity index (χ1n) is 7.04. The second-order valence-electron chi connectivity index (χ2n) is 5.95. The zero-order valence-electron chi connectivity index (χ0n) is 12.7. The maximum absolute atomic E-state index is 12.3. The van der Waals surface area contributed by atoms with Crippen molar-refractivity contribution in [2.45, 2.75) is 52.5 Å². The fourth-order valence-electron chi connectivity index (χ4n) is 2.24. The zero-order valence-corrected chi connectivity index (χ0v) is 12.7. The van der Waals surface area contributed by atoms with Crippen LogP contribution in [0.3, 0.4) is 0 Å². The van der Waals surface area contributed by atoms with Crippen LogP contribution in [0.15, 0.2) is 12.2 Å². The average Bonchev–Trinajstić information content (AvgIpc) is 2.35. The van der Waals surface area contributed by atoms with E-state index in [-0.39, 0.29) is 29.6 Å². The van der Waals surface area contributed by atoms with Crippen molar-refractivity contribution in [3.8, 4) is 0 Å². The average molecular weight is 280 g/mol. The largest absolute Gasteiger partial charge is 0.334 e. The van der Waals surface area contributed by atoms with E-state index < -0.39 is 6.04 Å². The molecule has 20 heavy (non-hydrogen) atoms. The SMILES string of the molecule is CC/C=C\C(C)(C)CC(=O)N(C)C1CCC(=O)NC1=O. The van der Waals surface area contributed by atoms with Crippen LogP contribution >= 0.6 is 0 Å². The molecule has 1 fully saturated rings. The van der Waals surface area contributed by atoms with Crippen LogP contribution in [0.25, 0.3) is 0 Å². The van der Waals surface area contributed by atoms with Crippen LogP contribution in [0.1, 0.15) is 46.5 Å². The summed E-state index contributed by atoms with van der Waals surface area (Å²) in [6.07, 6.45) is 6.03.